The Morgan fingerprint density at radius 3 is 2.64 bits per heavy atom. The van der Waals surface area contributed by atoms with Gasteiger partial charge in [-0.1, -0.05) is 6.07 Å². The summed E-state index contributed by atoms with van der Waals surface area (Å²) in [5, 5.41) is 10.6. The zero-order chi connectivity index (χ0) is 16.1. The maximum absolute atomic E-state index is 12.0. The van der Waals surface area contributed by atoms with Crippen LogP contribution in [0.2, 0.25) is 0 Å². The maximum atomic E-state index is 12.0. The summed E-state index contributed by atoms with van der Waals surface area (Å²) in [5.41, 5.74) is 0.726. The topological polar surface area (TPSA) is 68.2 Å². The average molecular weight is 309 g/mol. The molecular weight excluding hydrogens is 286 g/mol. The number of methoxy groups -OCH3 is 3. The van der Waals surface area contributed by atoms with E-state index >= 15 is 0 Å². The molecule has 6 nitrogen and oxygen atoms in total. The molecule has 22 heavy (non-hydrogen) atoms. The summed E-state index contributed by atoms with van der Waals surface area (Å²) < 4.78 is 15.4. The number of nitrogens with zero attached hydrogens (tertiary/aromatic N) is 1. The monoisotopic (exact) mass is 309 g/mol. The van der Waals surface area contributed by atoms with Crippen molar-refractivity contribution in [1.82, 2.24) is 4.90 Å². The molecule has 1 N–H and O–H groups in total. The van der Waals surface area contributed by atoms with Gasteiger partial charge in [0.25, 0.3) is 0 Å². The van der Waals surface area contributed by atoms with Crippen LogP contribution in [0.15, 0.2) is 18.2 Å². The summed E-state index contributed by atoms with van der Waals surface area (Å²) in [4.78, 5) is 13.7. The van der Waals surface area contributed by atoms with E-state index in [1.165, 1.54) is 0 Å². The van der Waals surface area contributed by atoms with Gasteiger partial charge in [-0.05, 0) is 17.7 Å². The van der Waals surface area contributed by atoms with Crippen molar-refractivity contribution in [2.45, 2.75) is 12.5 Å². The fraction of sp³-hybridized carbons (Fsp3) is 0.562. The van der Waals surface area contributed by atoms with Crippen LogP contribution in [0.3, 0.4) is 0 Å². The van der Waals surface area contributed by atoms with Gasteiger partial charge < -0.3 is 24.2 Å². The van der Waals surface area contributed by atoms with E-state index < -0.39 is 6.10 Å². The van der Waals surface area contributed by atoms with Crippen LogP contribution in [0.4, 0.5) is 0 Å². The molecule has 1 amide bonds. The molecule has 6 heteroatoms. The van der Waals surface area contributed by atoms with Gasteiger partial charge in [-0.25, -0.2) is 0 Å². The normalized spacial score (nSPS) is 19.4. The molecule has 122 valence electrons. The Hall–Kier alpha value is -1.79. The number of carbonyl (C=O) groups is 1. The Labute approximate surface area is 130 Å². The van der Waals surface area contributed by atoms with Gasteiger partial charge in [-0.15, -0.1) is 0 Å². The van der Waals surface area contributed by atoms with E-state index in [4.69, 9.17) is 14.2 Å². The molecule has 0 spiro atoms. The molecule has 1 aromatic rings. The summed E-state index contributed by atoms with van der Waals surface area (Å²) in [6, 6.07) is 5.32. The van der Waals surface area contributed by atoms with Crippen molar-refractivity contribution in [2.75, 3.05) is 41.0 Å². The van der Waals surface area contributed by atoms with Crippen LogP contribution in [0.5, 0.6) is 11.5 Å². The second-order valence-corrected chi connectivity index (χ2v) is 5.36. The van der Waals surface area contributed by atoms with Gasteiger partial charge in [-0.2, -0.15) is 0 Å². The summed E-state index contributed by atoms with van der Waals surface area (Å²) in [7, 11) is 4.73. The number of carbonyl (C=O) groups excluding carboxylic acids is 1. The van der Waals surface area contributed by atoms with Crippen LogP contribution in [0, 0.1) is 5.92 Å². The highest BCUT2D eigenvalue weighted by Crippen LogP contribution is 2.35. The molecule has 0 bridgehead atoms. The minimum Gasteiger partial charge on any atom is -0.493 e. The fourth-order valence-corrected chi connectivity index (χ4v) is 2.74. The van der Waals surface area contributed by atoms with E-state index in [9.17, 15) is 9.90 Å². The molecule has 0 aromatic heterocycles. The van der Waals surface area contributed by atoms with Gasteiger partial charge in [0.2, 0.25) is 5.91 Å². The smallest absolute Gasteiger partial charge is 0.223 e. The van der Waals surface area contributed by atoms with Gasteiger partial charge in [0.15, 0.2) is 11.5 Å². The number of amides is 1. The number of hydrogen-bond acceptors (Lipinski definition) is 5. The summed E-state index contributed by atoms with van der Waals surface area (Å²) in [5.74, 6) is 1.12. The number of hydrogen-bond donors (Lipinski definition) is 1. The van der Waals surface area contributed by atoms with Gasteiger partial charge in [-0.3, -0.25) is 4.79 Å². The lowest BCUT2D eigenvalue weighted by atomic mass is 9.94. The van der Waals surface area contributed by atoms with Crippen molar-refractivity contribution in [2.24, 2.45) is 5.92 Å². The molecular formula is C16H23NO5. The second-order valence-electron chi connectivity index (χ2n) is 5.36. The predicted molar refractivity (Wildman–Crippen MR) is 81.1 cm³/mol. The lowest BCUT2D eigenvalue weighted by molar-refractivity contribution is -0.128. The van der Waals surface area contributed by atoms with Gasteiger partial charge in [0, 0.05) is 32.5 Å². The van der Waals surface area contributed by atoms with Crippen LogP contribution >= 0.6 is 0 Å². The van der Waals surface area contributed by atoms with E-state index in [1.54, 1.807) is 44.4 Å². The Morgan fingerprint density at radius 1 is 1.27 bits per heavy atom. The highest BCUT2D eigenvalue weighted by atomic mass is 16.5. The van der Waals surface area contributed by atoms with Crippen molar-refractivity contribution < 1.29 is 24.1 Å². The maximum Gasteiger partial charge on any atom is 0.223 e. The number of benzene rings is 1. The molecule has 1 heterocycles. The first-order chi connectivity index (χ1) is 10.6. The average Bonchev–Trinajstić information content (AvgIpc) is 2.92. The summed E-state index contributed by atoms with van der Waals surface area (Å²) >= 11 is 0. The third kappa shape index (κ3) is 3.51. The van der Waals surface area contributed by atoms with E-state index in [2.05, 4.69) is 0 Å². The third-order valence-electron chi connectivity index (χ3n) is 4.01. The van der Waals surface area contributed by atoms with Crippen molar-refractivity contribution in [3.05, 3.63) is 23.8 Å². The molecule has 1 aromatic carbocycles. The lowest BCUT2D eigenvalue weighted by Gasteiger charge is -2.20. The third-order valence-corrected chi connectivity index (χ3v) is 4.01. The number of rotatable bonds is 7. The van der Waals surface area contributed by atoms with Crippen LogP contribution in [0.25, 0.3) is 0 Å². The van der Waals surface area contributed by atoms with Crippen LogP contribution < -0.4 is 9.47 Å². The van der Waals surface area contributed by atoms with E-state index in [0.717, 1.165) is 5.56 Å². The molecule has 0 aliphatic carbocycles. The van der Waals surface area contributed by atoms with Crippen LogP contribution in [-0.2, 0) is 9.53 Å². The van der Waals surface area contributed by atoms with Crippen molar-refractivity contribution in [3.8, 4) is 11.5 Å². The molecule has 0 saturated carbocycles. The van der Waals surface area contributed by atoms with Crippen LogP contribution in [-0.4, -0.2) is 56.9 Å². The number of aliphatic hydroxyl groups is 1. The Morgan fingerprint density at radius 2 is 2.00 bits per heavy atom. The highest BCUT2D eigenvalue weighted by molar-refractivity contribution is 5.78. The van der Waals surface area contributed by atoms with E-state index in [0.29, 0.717) is 37.6 Å². The standard InChI is InChI=1S/C16H23NO5/c1-20-7-6-17-10-12(9-15(17)18)16(19)11-4-5-13(21-2)14(8-11)22-3/h4-5,8,12,16,19H,6-7,9-10H2,1-3H3. The molecule has 1 saturated heterocycles. The second kappa shape index (κ2) is 7.47. The molecule has 2 unspecified atom stereocenters. The van der Waals surface area contributed by atoms with Gasteiger partial charge in [0.1, 0.15) is 0 Å². The lowest BCUT2D eigenvalue weighted by Crippen LogP contribution is -2.29. The van der Waals surface area contributed by atoms with Gasteiger partial charge >= 0.3 is 0 Å². The first-order valence-corrected chi connectivity index (χ1v) is 7.27. The minimum absolute atomic E-state index is 0.0570. The quantitative estimate of drug-likeness (QED) is 0.820. The Kier molecular flexibility index (Phi) is 5.63. The van der Waals surface area contributed by atoms with E-state index in [-0.39, 0.29) is 11.8 Å². The van der Waals surface area contributed by atoms with Crippen molar-refractivity contribution in [1.29, 1.82) is 0 Å². The predicted octanol–water partition coefficient (Wildman–Crippen LogP) is 1.23. The molecule has 1 fully saturated rings. The fourth-order valence-electron chi connectivity index (χ4n) is 2.74. The summed E-state index contributed by atoms with van der Waals surface area (Å²) in [6.07, 6.45) is -0.365. The minimum atomic E-state index is -0.712. The highest BCUT2D eigenvalue weighted by Gasteiger charge is 2.34. The Bertz CT molecular complexity index is 519. The zero-order valence-corrected chi connectivity index (χ0v) is 13.2. The van der Waals surface area contributed by atoms with Gasteiger partial charge in [0.05, 0.1) is 26.9 Å². The molecule has 1 aliphatic heterocycles. The number of aliphatic hydroxyl groups excluding tert-OH is 1. The number of ether oxygens (including phenoxy) is 3. The van der Waals surface area contributed by atoms with Crippen LogP contribution in [0.1, 0.15) is 18.1 Å². The van der Waals surface area contributed by atoms with Crippen molar-refractivity contribution >= 4 is 5.91 Å². The Balaban J connectivity index is 2.08. The molecule has 2 atom stereocenters. The largest absolute Gasteiger partial charge is 0.493 e. The first kappa shape index (κ1) is 16.6. The molecule has 0 radical (unpaired) electrons. The SMILES string of the molecule is COCCN1CC(C(O)c2ccc(OC)c(OC)c2)CC1=O. The van der Waals surface area contributed by atoms with Crippen molar-refractivity contribution in [3.63, 3.8) is 0 Å². The summed E-state index contributed by atoms with van der Waals surface area (Å²) in [6.45, 7) is 1.60. The molecule has 1 aliphatic rings. The zero-order valence-electron chi connectivity index (χ0n) is 13.2. The number of likely N-dealkylation sites (tertiary alicyclic amines) is 1. The van der Waals surface area contributed by atoms with E-state index in [1.807, 2.05) is 0 Å². The molecule has 2 rings (SSSR count). The first-order valence-electron chi connectivity index (χ1n) is 7.27.